The van der Waals surface area contributed by atoms with Gasteiger partial charge in [-0.3, -0.25) is 0 Å². The summed E-state index contributed by atoms with van der Waals surface area (Å²) in [5, 5.41) is 0. The van der Waals surface area contributed by atoms with E-state index in [0.717, 1.165) is 24.8 Å². The molecule has 1 nitrogen and oxygen atoms in total. The van der Waals surface area contributed by atoms with Gasteiger partial charge in [-0.2, -0.15) is 0 Å². The van der Waals surface area contributed by atoms with Crippen molar-refractivity contribution in [3.63, 3.8) is 0 Å². The molecule has 0 unspecified atom stereocenters. The van der Waals surface area contributed by atoms with Crippen LogP contribution in [0, 0.1) is 5.82 Å². The Kier molecular flexibility index (Phi) is 2.55. The van der Waals surface area contributed by atoms with Gasteiger partial charge < -0.3 is 5.73 Å². The van der Waals surface area contributed by atoms with Crippen LogP contribution in [0.5, 0.6) is 0 Å². The summed E-state index contributed by atoms with van der Waals surface area (Å²) in [4.78, 5) is 0. The normalized spacial score (nSPS) is 18.2. The molecule has 1 aromatic rings. The first kappa shape index (κ1) is 10.6. The van der Waals surface area contributed by atoms with Crippen LogP contribution in [0.4, 0.5) is 4.39 Å². The SMILES string of the molecule is CC(C)c1cc(CC2(N)CC2)ccc1F. The van der Waals surface area contributed by atoms with E-state index in [9.17, 15) is 4.39 Å². The first-order valence-corrected chi connectivity index (χ1v) is 5.57. The molecule has 15 heavy (non-hydrogen) atoms. The van der Waals surface area contributed by atoms with Gasteiger partial charge in [-0.15, -0.1) is 0 Å². The van der Waals surface area contributed by atoms with E-state index in [1.165, 1.54) is 5.56 Å². The van der Waals surface area contributed by atoms with E-state index in [0.29, 0.717) is 0 Å². The van der Waals surface area contributed by atoms with Gasteiger partial charge in [0.1, 0.15) is 5.82 Å². The van der Waals surface area contributed by atoms with E-state index in [4.69, 9.17) is 5.73 Å². The highest BCUT2D eigenvalue weighted by atomic mass is 19.1. The Morgan fingerprint density at radius 1 is 1.40 bits per heavy atom. The molecule has 0 aromatic heterocycles. The summed E-state index contributed by atoms with van der Waals surface area (Å²) in [6.07, 6.45) is 3.08. The summed E-state index contributed by atoms with van der Waals surface area (Å²) < 4.78 is 13.4. The van der Waals surface area contributed by atoms with Gasteiger partial charge in [0.25, 0.3) is 0 Å². The molecule has 1 saturated carbocycles. The summed E-state index contributed by atoms with van der Waals surface area (Å²) in [5.74, 6) is 0.133. The molecule has 0 atom stereocenters. The molecule has 0 aliphatic heterocycles. The maximum atomic E-state index is 13.4. The maximum absolute atomic E-state index is 13.4. The minimum absolute atomic E-state index is 0.00603. The van der Waals surface area contributed by atoms with Crippen molar-refractivity contribution in [1.29, 1.82) is 0 Å². The third kappa shape index (κ3) is 2.37. The van der Waals surface area contributed by atoms with E-state index in [2.05, 4.69) is 0 Å². The third-order valence-electron chi connectivity index (χ3n) is 3.13. The smallest absolute Gasteiger partial charge is 0.126 e. The highest BCUT2D eigenvalue weighted by molar-refractivity contribution is 5.29. The molecule has 2 heteroatoms. The predicted molar refractivity (Wildman–Crippen MR) is 60.3 cm³/mol. The van der Waals surface area contributed by atoms with Gasteiger partial charge in [0.05, 0.1) is 0 Å². The van der Waals surface area contributed by atoms with Gasteiger partial charge in [-0.05, 0) is 42.4 Å². The maximum Gasteiger partial charge on any atom is 0.126 e. The van der Waals surface area contributed by atoms with E-state index < -0.39 is 0 Å². The van der Waals surface area contributed by atoms with Gasteiger partial charge in [0.2, 0.25) is 0 Å². The third-order valence-corrected chi connectivity index (χ3v) is 3.13. The van der Waals surface area contributed by atoms with Crippen LogP contribution in [0.25, 0.3) is 0 Å². The van der Waals surface area contributed by atoms with Crippen molar-refractivity contribution in [1.82, 2.24) is 0 Å². The molecule has 0 saturated heterocycles. The number of halogens is 1. The van der Waals surface area contributed by atoms with Crippen molar-refractivity contribution in [2.45, 2.75) is 44.6 Å². The minimum atomic E-state index is -0.101. The standard InChI is InChI=1S/C13H18FN/c1-9(2)11-7-10(3-4-12(11)14)8-13(15)5-6-13/h3-4,7,9H,5-6,8,15H2,1-2H3. The monoisotopic (exact) mass is 207 g/mol. The van der Waals surface area contributed by atoms with E-state index >= 15 is 0 Å². The Hall–Kier alpha value is -0.890. The molecule has 82 valence electrons. The van der Waals surface area contributed by atoms with Crippen molar-refractivity contribution in [3.8, 4) is 0 Å². The molecular weight excluding hydrogens is 189 g/mol. The number of hydrogen-bond donors (Lipinski definition) is 1. The van der Waals surface area contributed by atoms with E-state index in [1.54, 1.807) is 6.07 Å². The molecule has 1 fully saturated rings. The van der Waals surface area contributed by atoms with Crippen molar-refractivity contribution < 1.29 is 4.39 Å². The predicted octanol–water partition coefficient (Wildman–Crippen LogP) is 2.98. The molecule has 0 bridgehead atoms. The second-order valence-corrected chi connectivity index (χ2v) is 5.05. The van der Waals surface area contributed by atoms with Crippen LogP contribution in [-0.4, -0.2) is 5.54 Å². The molecule has 1 aliphatic carbocycles. The molecule has 2 N–H and O–H groups in total. The zero-order valence-corrected chi connectivity index (χ0v) is 9.39. The molecular formula is C13H18FN. The summed E-state index contributed by atoms with van der Waals surface area (Å²) in [5.41, 5.74) is 8.02. The lowest BCUT2D eigenvalue weighted by Gasteiger charge is -2.12. The topological polar surface area (TPSA) is 26.0 Å². The highest BCUT2D eigenvalue weighted by Gasteiger charge is 2.37. The Morgan fingerprint density at radius 2 is 2.07 bits per heavy atom. The molecule has 1 aliphatic rings. The van der Waals surface area contributed by atoms with Gasteiger partial charge in [-0.1, -0.05) is 26.0 Å². The van der Waals surface area contributed by atoms with Gasteiger partial charge >= 0.3 is 0 Å². The Labute approximate surface area is 90.5 Å². The van der Waals surface area contributed by atoms with Crippen LogP contribution in [-0.2, 0) is 6.42 Å². The lowest BCUT2D eigenvalue weighted by molar-refractivity contribution is 0.594. The fourth-order valence-corrected chi connectivity index (χ4v) is 1.89. The van der Waals surface area contributed by atoms with E-state index in [-0.39, 0.29) is 17.3 Å². The Balaban J connectivity index is 2.22. The van der Waals surface area contributed by atoms with Crippen molar-refractivity contribution in [2.75, 3.05) is 0 Å². The molecule has 0 heterocycles. The highest BCUT2D eigenvalue weighted by Crippen LogP contribution is 2.36. The zero-order valence-electron chi connectivity index (χ0n) is 9.39. The van der Waals surface area contributed by atoms with Crippen LogP contribution in [0.3, 0.4) is 0 Å². The van der Waals surface area contributed by atoms with Crippen LogP contribution in [0.15, 0.2) is 18.2 Å². The second-order valence-electron chi connectivity index (χ2n) is 5.05. The average molecular weight is 207 g/mol. The average Bonchev–Trinajstić information content (AvgIpc) is 2.87. The number of rotatable bonds is 3. The largest absolute Gasteiger partial charge is 0.325 e. The summed E-state index contributed by atoms with van der Waals surface area (Å²) in [6, 6.07) is 5.39. The lowest BCUT2D eigenvalue weighted by Crippen LogP contribution is -2.24. The van der Waals surface area contributed by atoms with Crippen LogP contribution < -0.4 is 5.73 Å². The van der Waals surface area contributed by atoms with Crippen LogP contribution >= 0.6 is 0 Å². The Morgan fingerprint density at radius 3 is 2.60 bits per heavy atom. The molecule has 0 spiro atoms. The quantitative estimate of drug-likeness (QED) is 0.810. The van der Waals surface area contributed by atoms with E-state index in [1.807, 2.05) is 26.0 Å². The zero-order chi connectivity index (χ0) is 11.1. The number of benzene rings is 1. The van der Waals surface area contributed by atoms with Gasteiger partial charge in [0, 0.05) is 5.54 Å². The fourth-order valence-electron chi connectivity index (χ4n) is 1.89. The number of hydrogen-bond acceptors (Lipinski definition) is 1. The minimum Gasteiger partial charge on any atom is -0.325 e. The first-order valence-electron chi connectivity index (χ1n) is 5.57. The molecule has 0 radical (unpaired) electrons. The fraction of sp³-hybridized carbons (Fsp3) is 0.538. The summed E-state index contributed by atoms with van der Waals surface area (Å²) in [6.45, 7) is 4.02. The number of nitrogens with two attached hydrogens (primary N) is 1. The molecule has 1 aromatic carbocycles. The lowest BCUT2D eigenvalue weighted by atomic mass is 9.97. The molecule has 2 rings (SSSR count). The second kappa shape index (κ2) is 3.60. The summed E-state index contributed by atoms with van der Waals surface area (Å²) in [7, 11) is 0. The molecule has 0 amide bonds. The van der Waals surface area contributed by atoms with Gasteiger partial charge in [-0.25, -0.2) is 4.39 Å². The summed E-state index contributed by atoms with van der Waals surface area (Å²) >= 11 is 0. The van der Waals surface area contributed by atoms with Crippen molar-refractivity contribution in [3.05, 3.63) is 35.1 Å². The van der Waals surface area contributed by atoms with Crippen LogP contribution in [0.1, 0.15) is 43.7 Å². The Bertz CT molecular complexity index is 367. The first-order chi connectivity index (χ1) is 7.00. The van der Waals surface area contributed by atoms with Crippen molar-refractivity contribution in [2.24, 2.45) is 5.73 Å². The van der Waals surface area contributed by atoms with Gasteiger partial charge in [0.15, 0.2) is 0 Å². The van der Waals surface area contributed by atoms with Crippen molar-refractivity contribution >= 4 is 0 Å². The van der Waals surface area contributed by atoms with Crippen LogP contribution in [0.2, 0.25) is 0 Å².